The van der Waals surface area contributed by atoms with Crippen molar-refractivity contribution in [3.05, 3.63) is 70.1 Å². The van der Waals surface area contributed by atoms with Crippen molar-refractivity contribution in [1.29, 1.82) is 0 Å². The van der Waals surface area contributed by atoms with E-state index in [0.29, 0.717) is 11.1 Å². The first-order valence-corrected chi connectivity index (χ1v) is 8.12. The van der Waals surface area contributed by atoms with Gasteiger partial charge in [0.1, 0.15) is 11.1 Å². The fourth-order valence-corrected chi connectivity index (χ4v) is 2.36. The Balaban J connectivity index is 1.89. The summed E-state index contributed by atoms with van der Waals surface area (Å²) in [7, 11) is 0. The van der Waals surface area contributed by atoms with Gasteiger partial charge in [0.15, 0.2) is 0 Å². The summed E-state index contributed by atoms with van der Waals surface area (Å²) in [4.78, 5) is 23.7. The number of hydrogen-bond donors (Lipinski definition) is 0. The van der Waals surface area contributed by atoms with Gasteiger partial charge in [-0.2, -0.15) is 23.4 Å². The zero-order chi connectivity index (χ0) is 20.3. The van der Waals surface area contributed by atoms with Crippen LogP contribution in [-0.4, -0.2) is 12.6 Å². The summed E-state index contributed by atoms with van der Waals surface area (Å²) in [6.45, 7) is 1.72. The Morgan fingerprint density at radius 1 is 1.04 bits per heavy atom. The number of fused-ring (bicyclic) bond motifs is 1. The maximum Gasteiger partial charge on any atom is 0.416 e. The molecule has 3 aromatic rings. The van der Waals surface area contributed by atoms with Gasteiger partial charge in [0.05, 0.1) is 23.5 Å². The van der Waals surface area contributed by atoms with Crippen LogP contribution in [0.4, 0.5) is 24.5 Å². The average Bonchev–Trinajstić information content (AvgIpc) is 2.65. The highest BCUT2D eigenvalue weighted by atomic mass is 19.4. The zero-order valence-corrected chi connectivity index (χ0v) is 14.5. The minimum atomic E-state index is -4.42. The number of carbonyl (C=O) groups excluding carboxylic acids is 1. The fraction of sp³-hybridized carbons (Fsp3) is 0.158. The molecule has 0 unspecified atom stereocenters. The van der Waals surface area contributed by atoms with E-state index in [-0.39, 0.29) is 23.4 Å². The Morgan fingerprint density at radius 3 is 2.32 bits per heavy atom. The minimum absolute atomic E-state index is 0.109. The Kier molecular flexibility index (Phi) is 5.25. The molecule has 0 fully saturated rings. The molecule has 0 bridgehead atoms. The molecule has 3 rings (SSSR count). The number of halogens is 3. The summed E-state index contributed by atoms with van der Waals surface area (Å²) in [5.41, 5.74) is -1.00. The van der Waals surface area contributed by atoms with Crippen LogP contribution < -0.4 is 5.63 Å². The van der Waals surface area contributed by atoms with Gasteiger partial charge in [-0.15, -0.1) is 0 Å². The minimum Gasteiger partial charge on any atom is -0.462 e. The molecule has 1 heterocycles. The first-order chi connectivity index (χ1) is 13.3. The van der Waals surface area contributed by atoms with Crippen LogP contribution in [0.1, 0.15) is 22.8 Å². The van der Waals surface area contributed by atoms with Crippen molar-refractivity contribution >= 4 is 28.3 Å². The summed E-state index contributed by atoms with van der Waals surface area (Å²) in [6, 6.07) is 10.1. The van der Waals surface area contributed by atoms with Gasteiger partial charge in [-0.3, -0.25) is 0 Å². The number of rotatable bonds is 4. The van der Waals surface area contributed by atoms with Crippen molar-refractivity contribution < 1.29 is 27.1 Å². The highest BCUT2D eigenvalue weighted by Crippen LogP contribution is 2.31. The second kappa shape index (κ2) is 7.63. The number of esters is 1. The fourth-order valence-electron chi connectivity index (χ4n) is 2.36. The lowest BCUT2D eigenvalue weighted by atomic mass is 10.1. The molecular formula is C19H13F3N2O4. The van der Waals surface area contributed by atoms with Crippen LogP contribution in [0.5, 0.6) is 0 Å². The van der Waals surface area contributed by atoms with E-state index in [1.54, 1.807) is 6.92 Å². The second-order valence-corrected chi connectivity index (χ2v) is 5.63. The molecule has 28 heavy (non-hydrogen) atoms. The predicted octanol–water partition coefficient (Wildman–Crippen LogP) is 5.40. The van der Waals surface area contributed by atoms with E-state index in [0.717, 1.165) is 12.1 Å². The smallest absolute Gasteiger partial charge is 0.416 e. The molecular weight excluding hydrogens is 377 g/mol. The van der Waals surface area contributed by atoms with Crippen LogP contribution in [0.3, 0.4) is 0 Å². The topological polar surface area (TPSA) is 81.2 Å². The van der Waals surface area contributed by atoms with E-state index < -0.39 is 23.3 Å². The normalized spacial score (nSPS) is 11.9. The summed E-state index contributed by atoms with van der Waals surface area (Å²) in [5.74, 6) is -0.796. The van der Waals surface area contributed by atoms with E-state index >= 15 is 0 Å². The summed E-state index contributed by atoms with van der Waals surface area (Å²) < 4.78 is 47.6. The number of benzene rings is 2. The average molecular weight is 390 g/mol. The van der Waals surface area contributed by atoms with Crippen molar-refractivity contribution in [3.63, 3.8) is 0 Å². The number of ether oxygens (including phenoxy) is 1. The van der Waals surface area contributed by atoms with E-state index in [4.69, 9.17) is 9.15 Å². The van der Waals surface area contributed by atoms with E-state index in [9.17, 15) is 22.8 Å². The van der Waals surface area contributed by atoms with Crippen LogP contribution in [0.2, 0.25) is 0 Å². The molecule has 0 aliphatic heterocycles. The van der Waals surface area contributed by atoms with Crippen molar-refractivity contribution in [1.82, 2.24) is 0 Å². The molecule has 0 radical (unpaired) electrons. The Morgan fingerprint density at radius 2 is 1.68 bits per heavy atom. The van der Waals surface area contributed by atoms with Gasteiger partial charge in [0.2, 0.25) is 0 Å². The molecule has 0 aliphatic rings. The molecule has 0 saturated heterocycles. The first kappa shape index (κ1) is 19.3. The van der Waals surface area contributed by atoms with Crippen molar-refractivity contribution in [2.75, 3.05) is 6.61 Å². The van der Waals surface area contributed by atoms with Crippen molar-refractivity contribution in [2.45, 2.75) is 13.1 Å². The third-order valence-electron chi connectivity index (χ3n) is 3.69. The largest absolute Gasteiger partial charge is 0.462 e. The predicted molar refractivity (Wildman–Crippen MR) is 94.1 cm³/mol. The monoisotopic (exact) mass is 390 g/mol. The highest BCUT2D eigenvalue weighted by Gasteiger charge is 2.29. The Bertz CT molecular complexity index is 1100. The number of nitrogens with zero attached hydrogens (tertiary/aromatic N) is 2. The zero-order valence-electron chi connectivity index (χ0n) is 14.5. The van der Waals surface area contributed by atoms with Gasteiger partial charge in [0.25, 0.3) is 0 Å². The molecule has 6 nitrogen and oxygen atoms in total. The molecule has 0 atom stereocenters. The molecule has 0 N–H and O–H groups in total. The van der Waals surface area contributed by atoms with E-state index in [1.807, 2.05) is 0 Å². The number of carbonyl (C=O) groups is 1. The molecule has 144 valence electrons. The molecule has 0 saturated carbocycles. The quantitative estimate of drug-likeness (QED) is 0.339. The van der Waals surface area contributed by atoms with Crippen LogP contribution in [0.15, 0.2) is 68.0 Å². The number of hydrogen-bond acceptors (Lipinski definition) is 6. The van der Waals surface area contributed by atoms with Crippen molar-refractivity contribution in [2.24, 2.45) is 10.2 Å². The lowest BCUT2D eigenvalue weighted by molar-refractivity contribution is -0.137. The van der Waals surface area contributed by atoms with Gasteiger partial charge in [-0.05, 0) is 55.5 Å². The third-order valence-corrected chi connectivity index (χ3v) is 3.69. The molecule has 0 aliphatic carbocycles. The van der Waals surface area contributed by atoms with Gasteiger partial charge in [0, 0.05) is 5.39 Å². The second-order valence-electron chi connectivity index (χ2n) is 5.63. The SMILES string of the molecule is CCOC(=O)c1cc2cc(N=Nc3ccc(C(F)(F)F)cc3)ccc2oc1=O. The summed E-state index contributed by atoms with van der Waals surface area (Å²) in [5, 5.41) is 8.27. The summed E-state index contributed by atoms with van der Waals surface area (Å²) in [6.07, 6.45) is -4.42. The maximum absolute atomic E-state index is 12.6. The maximum atomic E-state index is 12.6. The van der Waals surface area contributed by atoms with Gasteiger partial charge in [-0.25, -0.2) is 9.59 Å². The highest BCUT2D eigenvalue weighted by molar-refractivity contribution is 5.93. The Hall–Kier alpha value is -3.49. The van der Waals surface area contributed by atoms with Crippen molar-refractivity contribution in [3.8, 4) is 0 Å². The van der Waals surface area contributed by atoms with E-state index in [2.05, 4.69) is 10.2 Å². The van der Waals surface area contributed by atoms with Gasteiger partial charge in [-0.1, -0.05) is 0 Å². The van der Waals surface area contributed by atoms with Gasteiger partial charge < -0.3 is 9.15 Å². The lowest BCUT2D eigenvalue weighted by Crippen LogP contribution is -2.16. The third kappa shape index (κ3) is 4.25. The molecule has 2 aromatic carbocycles. The first-order valence-electron chi connectivity index (χ1n) is 8.12. The van der Waals surface area contributed by atoms with Crippen LogP contribution >= 0.6 is 0 Å². The lowest BCUT2D eigenvalue weighted by Gasteiger charge is -2.05. The number of azo groups is 1. The summed E-state index contributed by atoms with van der Waals surface area (Å²) >= 11 is 0. The van der Waals surface area contributed by atoms with Crippen LogP contribution in [0.25, 0.3) is 11.0 Å². The standard InChI is InChI=1S/C19H13F3N2O4/c1-2-27-17(25)15-10-11-9-14(7-8-16(11)28-18(15)26)24-23-13-5-3-12(4-6-13)19(20,21)22/h3-10H,2H2,1H3. The number of alkyl halides is 3. The molecule has 0 amide bonds. The van der Waals surface area contributed by atoms with E-state index in [1.165, 1.54) is 36.4 Å². The Labute approximate surface area is 156 Å². The molecule has 0 spiro atoms. The molecule has 9 heteroatoms. The van der Waals surface area contributed by atoms with Gasteiger partial charge >= 0.3 is 17.8 Å². The van der Waals surface area contributed by atoms with Crippen LogP contribution in [-0.2, 0) is 10.9 Å². The van der Waals surface area contributed by atoms with Crippen LogP contribution in [0, 0.1) is 0 Å². The molecule has 1 aromatic heterocycles.